The van der Waals surface area contributed by atoms with Crippen molar-refractivity contribution < 1.29 is 0 Å². The van der Waals surface area contributed by atoms with E-state index >= 15 is 0 Å². The van der Waals surface area contributed by atoms with E-state index in [0.29, 0.717) is 0 Å². The van der Waals surface area contributed by atoms with Crippen molar-refractivity contribution >= 4 is 65.3 Å². The molecule has 4 aromatic heterocycles. The standard InChI is InChI=1S/C49H30N4/c1-2-16-37(17-3-1)53-43-21-7-5-19-39(43)46-44(53)27-25-40-45(46)38-18-4-6-20-42(38)52-47(40)36-14-9-12-34(30-36)33-11-8-13-35(29-33)41-26-24-32-23-22-31-15-10-28-50-48(31)49(32)51-41/h1-30H. The number of hydrogen-bond acceptors (Lipinski definition) is 3. The SMILES string of the molecule is c1ccc(-n2c3ccccc3c3c4c(ccc32)c(-c2cccc(-c3cccc(-c5ccc6ccc7cccnc7c6n5)c3)c2)nc2ccccc24)cc1. The third-order valence-electron chi connectivity index (χ3n) is 10.6. The van der Waals surface area contributed by atoms with Crippen LogP contribution in [0.2, 0.25) is 0 Å². The van der Waals surface area contributed by atoms with Gasteiger partial charge in [0.05, 0.1) is 39.0 Å². The first-order valence-corrected chi connectivity index (χ1v) is 17.9. The highest BCUT2D eigenvalue weighted by molar-refractivity contribution is 6.29. The summed E-state index contributed by atoms with van der Waals surface area (Å²) in [5, 5.41) is 8.17. The van der Waals surface area contributed by atoms with Gasteiger partial charge in [0.15, 0.2) is 0 Å². The number of nitrogens with zero attached hydrogens (tertiary/aromatic N) is 4. The summed E-state index contributed by atoms with van der Waals surface area (Å²) in [5.41, 5.74) is 12.6. The summed E-state index contributed by atoms with van der Waals surface area (Å²) < 4.78 is 2.38. The Morgan fingerprint density at radius 2 is 1.09 bits per heavy atom. The number of benzene rings is 7. The Kier molecular flexibility index (Phi) is 6.52. The summed E-state index contributed by atoms with van der Waals surface area (Å²) in [5.74, 6) is 0. The Labute approximate surface area is 305 Å². The van der Waals surface area contributed by atoms with Crippen molar-refractivity contribution in [3.63, 3.8) is 0 Å². The molecule has 0 N–H and O–H groups in total. The van der Waals surface area contributed by atoms with Crippen LogP contribution in [0, 0.1) is 0 Å². The molecule has 0 radical (unpaired) electrons. The number of para-hydroxylation sites is 3. The quantitative estimate of drug-likeness (QED) is 0.175. The molecule has 0 atom stereocenters. The molecule has 0 aliphatic carbocycles. The van der Waals surface area contributed by atoms with Gasteiger partial charge < -0.3 is 4.57 Å². The molecule has 0 amide bonds. The molecule has 0 aliphatic heterocycles. The van der Waals surface area contributed by atoms with E-state index in [9.17, 15) is 0 Å². The van der Waals surface area contributed by atoms with Crippen LogP contribution in [0.15, 0.2) is 182 Å². The number of fused-ring (bicyclic) bond motifs is 10. The van der Waals surface area contributed by atoms with Gasteiger partial charge in [0, 0.05) is 60.7 Å². The summed E-state index contributed by atoms with van der Waals surface area (Å²) in [6, 6.07) is 62.5. The fourth-order valence-corrected chi connectivity index (χ4v) is 8.16. The third kappa shape index (κ3) is 4.66. The van der Waals surface area contributed by atoms with Gasteiger partial charge in [-0.05, 0) is 65.7 Å². The molecule has 0 aliphatic rings. The largest absolute Gasteiger partial charge is 0.309 e. The fraction of sp³-hybridized carbons (Fsp3) is 0. The number of aromatic nitrogens is 4. The number of rotatable bonds is 4. The van der Waals surface area contributed by atoms with Crippen molar-refractivity contribution in [1.82, 2.24) is 19.5 Å². The maximum absolute atomic E-state index is 5.36. The second kappa shape index (κ2) is 11.7. The van der Waals surface area contributed by atoms with Crippen LogP contribution in [0.1, 0.15) is 0 Å². The summed E-state index contributed by atoms with van der Waals surface area (Å²) in [4.78, 5) is 15.2. The molecule has 246 valence electrons. The van der Waals surface area contributed by atoms with Gasteiger partial charge in [0.2, 0.25) is 0 Å². The maximum atomic E-state index is 5.36. The van der Waals surface area contributed by atoms with Crippen molar-refractivity contribution in [3.8, 4) is 39.3 Å². The molecule has 4 heteroatoms. The lowest BCUT2D eigenvalue weighted by Gasteiger charge is -2.14. The highest BCUT2D eigenvalue weighted by Crippen LogP contribution is 2.42. The van der Waals surface area contributed by atoms with Crippen LogP contribution in [0.3, 0.4) is 0 Å². The average Bonchev–Trinajstić information content (AvgIpc) is 3.58. The maximum Gasteiger partial charge on any atom is 0.0972 e. The van der Waals surface area contributed by atoms with Crippen LogP contribution in [0.25, 0.3) is 105 Å². The molecule has 11 rings (SSSR count). The van der Waals surface area contributed by atoms with Crippen LogP contribution in [0.5, 0.6) is 0 Å². The monoisotopic (exact) mass is 674 g/mol. The third-order valence-corrected chi connectivity index (χ3v) is 10.6. The van der Waals surface area contributed by atoms with Crippen LogP contribution < -0.4 is 0 Å². The number of hydrogen-bond donors (Lipinski definition) is 0. The lowest BCUT2D eigenvalue weighted by Crippen LogP contribution is -1.94. The van der Waals surface area contributed by atoms with E-state index in [0.717, 1.165) is 77.4 Å². The molecule has 4 nitrogen and oxygen atoms in total. The van der Waals surface area contributed by atoms with Crippen molar-refractivity contribution in [2.75, 3.05) is 0 Å². The van der Waals surface area contributed by atoms with E-state index < -0.39 is 0 Å². The average molecular weight is 675 g/mol. The topological polar surface area (TPSA) is 43.6 Å². The van der Waals surface area contributed by atoms with Gasteiger partial charge in [0.25, 0.3) is 0 Å². The van der Waals surface area contributed by atoms with Crippen molar-refractivity contribution in [3.05, 3.63) is 182 Å². The Balaban J connectivity index is 1.09. The lowest BCUT2D eigenvalue weighted by molar-refractivity contribution is 1.18. The van der Waals surface area contributed by atoms with Gasteiger partial charge in [-0.2, -0.15) is 0 Å². The molecule has 0 saturated carbocycles. The molecular weight excluding hydrogens is 645 g/mol. The fourth-order valence-electron chi connectivity index (χ4n) is 8.16. The second-order valence-corrected chi connectivity index (χ2v) is 13.6. The molecule has 4 heterocycles. The summed E-state index contributed by atoms with van der Waals surface area (Å²) in [7, 11) is 0. The van der Waals surface area contributed by atoms with Crippen LogP contribution >= 0.6 is 0 Å². The first-order chi connectivity index (χ1) is 26.3. The van der Waals surface area contributed by atoms with Crippen molar-refractivity contribution in [2.24, 2.45) is 0 Å². The first kappa shape index (κ1) is 29.5. The zero-order valence-corrected chi connectivity index (χ0v) is 28.6. The minimum absolute atomic E-state index is 0.920. The van der Waals surface area contributed by atoms with Gasteiger partial charge in [0.1, 0.15) is 0 Å². The van der Waals surface area contributed by atoms with Gasteiger partial charge in [-0.1, -0.05) is 121 Å². The molecule has 53 heavy (non-hydrogen) atoms. The van der Waals surface area contributed by atoms with E-state index in [1.807, 2.05) is 12.3 Å². The molecule has 0 saturated heterocycles. The van der Waals surface area contributed by atoms with E-state index in [4.69, 9.17) is 9.97 Å². The summed E-state index contributed by atoms with van der Waals surface area (Å²) >= 11 is 0. The van der Waals surface area contributed by atoms with Crippen LogP contribution in [-0.2, 0) is 0 Å². The van der Waals surface area contributed by atoms with Gasteiger partial charge in [-0.3, -0.25) is 4.98 Å². The minimum Gasteiger partial charge on any atom is -0.309 e. The number of pyridine rings is 3. The van der Waals surface area contributed by atoms with Gasteiger partial charge in [-0.15, -0.1) is 0 Å². The highest BCUT2D eigenvalue weighted by Gasteiger charge is 2.19. The van der Waals surface area contributed by atoms with Crippen molar-refractivity contribution in [2.45, 2.75) is 0 Å². The molecule has 11 aromatic rings. The Morgan fingerprint density at radius 1 is 0.396 bits per heavy atom. The normalized spacial score (nSPS) is 11.8. The molecular formula is C49H30N4. The zero-order chi connectivity index (χ0) is 34.9. The van der Waals surface area contributed by atoms with Crippen LogP contribution in [0.4, 0.5) is 0 Å². The minimum atomic E-state index is 0.920. The molecule has 0 bridgehead atoms. The van der Waals surface area contributed by atoms with E-state index in [1.54, 1.807) is 0 Å². The Hall–Kier alpha value is -7.17. The molecule has 0 unspecified atom stereocenters. The van der Waals surface area contributed by atoms with Gasteiger partial charge >= 0.3 is 0 Å². The predicted octanol–water partition coefficient (Wildman–Crippen LogP) is 12.6. The van der Waals surface area contributed by atoms with Gasteiger partial charge in [-0.25, -0.2) is 9.97 Å². The predicted molar refractivity (Wildman–Crippen MR) is 220 cm³/mol. The Morgan fingerprint density at radius 3 is 1.96 bits per heavy atom. The van der Waals surface area contributed by atoms with E-state index in [1.165, 1.54) is 27.2 Å². The lowest BCUT2D eigenvalue weighted by atomic mass is 9.94. The molecule has 0 fully saturated rings. The van der Waals surface area contributed by atoms with E-state index in [-0.39, 0.29) is 0 Å². The zero-order valence-electron chi connectivity index (χ0n) is 28.6. The molecule has 0 spiro atoms. The van der Waals surface area contributed by atoms with E-state index in [2.05, 4.69) is 179 Å². The van der Waals surface area contributed by atoms with Crippen molar-refractivity contribution in [1.29, 1.82) is 0 Å². The highest BCUT2D eigenvalue weighted by atomic mass is 15.0. The summed E-state index contributed by atoms with van der Waals surface area (Å²) in [6.07, 6.45) is 1.84. The first-order valence-electron chi connectivity index (χ1n) is 17.9. The Bertz CT molecular complexity index is 3230. The molecule has 7 aromatic carbocycles. The second-order valence-electron chi connectivity index (χ2n) is 13.6. The summed E-state index contributed by atoms with van der Waals surface area (Å²) in [6.45, 7) is 0. The smallest absolute Gasteiger partial charge is 0.0972 e. The van der Waals surface area contributed by atoms with Crippen LogP contribution in [-0.4, -0.2) is 19.5 Å².